The largest absolute Gasteiger partial charge is 0.289 e. The van der Waals surface area contributed by atoms with E-state index in [0.29, 0.717) is 5.69 Å². The van der Waals surface area contributed by atoms with Crippen molar-refractivity contribution in [3.8, 4) is 0 Å². The normalized spacial score (nSPS) is 20.0. The first-order valence-electron chi connectivity index (χ1n) is 14.2. The highest BCUT2D eigenvalue weighted by Gasteiger charge is 2.45. The summed E-state index contributed by atoms with van der Waals surface area (Å²) in [5.41, 5.74) is 5.20. The van der Waals surface area contributed by atoms with Crippen molar-refractivity contribution in [2.24, 2.45) is 0 Å². The number of rotatable bonds is 4. The van der Waals surface area contributed by atoms with Gasteiger partial charge in [0, 0.05) is 23.6 Å². The lowest BCUT2D eigenvalue weighted by molar-refractivity contribution is 0.0692. The van der Waals surface area contributed by atoms with Crippen LogP contribution in [0.3, 0.4) is 0 Å². The second-order valence-corrected chi connectivity index (χ2v) is 12.5. The van der Waals surface area contributed by atoms with E-state index in [9.17, 15) is 24.0 Å². The van der Waals surface area contributed by atoms with Gasteiger partial charge in [0.25, 0.3) is 23.6 Å². The Morgan fingerprint density at radius 2 is 1.14 bits per heavy atom. The van der Waals surface area contributed by atoms with Gasteiger partial charge in [0.1, 0.15) is 0 Å². The monoisotopic (exact) mass is 568 g/mol. The Balaban J connectivity index is 1.17. The van der Waals surface area contributed by atoms with Gasteiger partial charge >= 0.3 is 0 Å². The van der Waals surface area contributed by atoms with Crippen molar-refractivity contribution in [3.05, 3.63) is 135 Å². The fourth-order valence-corrected chi connectivity index (χ4v) is 7.15. The molecule has 0 saturated carbocycles. The van der Waals surface area contributed by atoms with Crippen LogP contribution in [0.25, 0.3) is 0 Å². The summed E-state index contributed by atoms with van der Waals surface area (Å²) in [6.45, 7) is 6.75. The van der Waals surface area contributed by atoms with E-state index in [1.807, 2.05) is 24.3 Å². The standard InChI is InChI=1S/C36H28N2O5/c1-35(2)19-36(3,29-8-6-5-7-28(29)35)22-11-13-23(14-12-22)38-33(42)25-16-10-21(18-27(25)34(38)43)30(39)20-9-15-24-26(17-20)32(41)37(4)31(24)40/h5-18H,19H2,1-4H3. The smallest absolute Gasteiger partial charge is 0.266 e. The van der Waals surface area contributed by atoms with Gasteiger partial charge in [0.05, 0.1) is 27.9 Å². The first-order valence-corrected chi connectivity index (χ1v) is 14.2. The Kier molecular flexibility index (Phi) is 5.54. The zero-order chi connectivity index (χ0) is 30.4. The van der Waals surface area contributed by atoms with Crippen LogP contribution in [0, 0.1) is 0 Å². The van der Waals surface area contributed by atoms with E-state index >= 15 is 0 Å². The first kappa shape index (κ1) is 26.7. The fourth-order valence-electron chi connectivity index (χ4n) is 7.15. The van der Waals surface area contributed by atoms with E-state index < -0.39 is 29.4 Å². The van der Waals surface area contributed by atoms with Crippen LogP contribution in [0.5, 0.6) is 0 Å². The van der Waals surface area contributed by atoms with E-state index in [1.165, 1.54) is 54.6 Å². The average Bonchev–Trinajstić information content (AvgIpc) is 3.49. The lowest BCUT2D eigenvalue weighted by atomic mass is 9.75. The number of anilines is 1. The van der Waals surface area contributed by atoms with E-state index in [4.69, 9.17) is 0 Å². The number of amides is 4. The average molecular weight is 569 g/mol. The lowest BCUT2D eigenvalue weighted by Crippen LogP contribution is -2.29. The third-order valence-electron chi connectivity index (χ3n) is 9.31. The second kappa shape index (κ2) is 8.91. The minimum absolute atomic E-state index is 0.0186. The highest BCUT2D eigenvalue weighted by Crippen LogP contribution is 2.52. The number of carbonyl (C=O) groups is 5. The molecule has 4 amide bonds. The zero-order valence-corrected chi connectivity index (χ0v) is 24.2. The molecule has 7 rings (SSSR count). The molecule has 0 radical (unpaired) electrons. The molecule has 1 unspecified atom stereocenters. The molecule has 7 heteroatoms. The van der Waals surface area contributed by atoms with Crippen molar-refractivity contribution in [2.75, 3.05) is 11.9 Å². The van der Waals surface area contributed by atoms with Gasteiger partial charge in [-0.1, -0.05) is 69.3 Å². The van der Waals surface area contributed by atoms with Gasteiger partial charge in [0.2, 0.25) is 0 Å². The summed E-state index contributed by atoms with van der Waals surface area (Å²) in [5.74, 6) is -2.26. The van der Waals surface area contributed by atoms with Crippen molar-refractivity contribution >= 4 is 35.1 Å². The molecule has 0 N–H and O–H groups in total. The molecule has 43 heavy (non-hydrogen) atoms. The molecule has 2 heterocycles. The molecule has 1 aliphatic carbocycles. The second-order valence-electron chi connectivity index (χ2n) is 12.5. The molecule has 7 nitrogen and oxygen atoms in total. The summed E-state index contributed by atoms with van der Waals surface area (Å²) >= 11 is 0. The topological polar surface area (TPSA) is 91.8 Å². The number of nitrogens with zero attached hydrogens (tertiary/aromatic N) is 2. The van der Waals surface area contributed by atoms with Crippen molar-refractivity contribution in [1.29, 1.82) is 0 Å². The van der Waals surface area contributed by atoms with Crippen LogP contribution in [0.1, 0.15) is 101 Å². The molecule has 0 bridgehead atoms. The van der Waals surface area contributed by atoms with E-state index in [2.05, 4.69) is 45.0 Å². The van der Waals surface area contributed by atoms with Crippen molar-refractivity contribution < 1.29 is 24.0 Å². The van der Waals surface area contributed by atoms with Crippen LogP contribution >= 0.6 is 0 Å². The van der Waals surface area contributed by atoms with Crippen LogP contribution in [0.2, 0.25) is 0 Å². The van der Waals surface area contributed by atoms with Crippen LogP contribution in [0.15, 0.2) is 84.9 Å². The van der Waals surface area contributed by atoms with Crippen molar-refractivity contribution in [2.45, 2.75) is 38.0 Å². The Morgan fingerprint density at radius 1 is 0.628 bits per heavy atom. The highest BCUT2D eigenvalue weighted by atomic mass is 16.2. The third kappa shape index (κ3) is 3.70. The number of imide groups is 2. The maximum atomic E-state index is 13.5. The molecular formula is C36H28N2O5. The third-order valence-corrected chi connectivity index (χ3v) is 9.31. The van der Waals surface area contributed by atoms with E-state index in [1.54, 1.807) is 0 Å². The number of carbonyl (C=O) groups excluding carboxylic acids is 5. The SMILES string of the molecule is CN1C(=O)c2ccc(C(=O)c3ccc4c(c3)C(=O)N(c3ccc(C5(C)CC(C)(C)c6ccccc65)cc3)C4=O)cc2C1=O. The minimum Gasteiger partial charge on any atom is -0.289 e. The van der Waals surface area contributed by atoms with Crippen LogP contribution < -0.4 is 4.90 Å². The summed E-state index contributed by atoms with van der Waals surface area (Å²) in [4.78, 5) is 67.1. The summed E-state index contributed by atoms with van der Waals surface area (Å²) in [5, 5.41) is 0. The lowest BCUT2D eigenvalue weighted by Gasteiger charge is -2.29. The van der Waals surface area contributed by atoms with Crippen LogP contribution in [-0.4, -0.2) is 41.4 Å². The molecule has 4 aromatic carbocycles. The Bertz CT molecular complexity index is 1950. The molecule has 0 fully saturated rings. The Labute approximate surface area is 248 Å². The van der Waals surface area contributed by atoms with Gasteiger partial charge in [-0.3, -0.25) is 28.9 Å². The molecule has 1 atom stereocenters. The zero-order valence-electron chi connectivity index (χ0n) is 24.2. The molecule has 0 aromatic heterocycles. The quantitative estimate of drug-likeness (QED) is 0.225. The minimum atomic E-state index is -0.502. The van der Waals surface area contributed by atoms with Gasteiger partial charge in [0.15, 0.2) is 5.78 Å². The summed E-state index contributed by atoms with van der Waals surface area (Å²) in [6, 6.07) is 24.9. The highest BCUT2D eigenvalue weighted by molar-refractivity contribution is 6.35. The van der Waals surface area contributed by atoms with Gasteiger partial charge in [-0.2, -0.15) is 0 Å². The predicted octanol–water partition coefficient (Wildman–Crippen LogP) is 5.93. The van der Waals surface area contributed by atoms with E-state index in [-0.39, 0.29) is 44.2 Å². The number of benzene rings is 4. The summed E-state index contributed by atoms with van der Waals surface area (Å²) < 4.78 is 0. The van der Waals surface area contributed by atoms with Crippen LogP contribution in [0.4, 0.5) is 5.69 Å². The summed E-state index contributed by atoms with van der Waals surface area (Å²) in [6.07, 6.45) is 0.938. The van der Waals surface area contributed by atoms with Crippen molar-refractivity contribution in [3.63, 3.8) is 0 Å². The fraction of sp³-hybridized carbons (Fsp3) is 0.194. The molecule has 0 saturated heterocycles. The molecule has 4 aromatic rings. The molecular weight excluding hydrogens is 540 g/mol. The molecule has 212 valence electrons. The van der Waals surface area contributed by atoms with Crippen molar-refractivity contribution in [1.82, 2.24) is 4.90 Å². The maximum absolute atomic E-state index is 13.5. The number of ketones is 1. The number of fused-ring (bicyclic) bond motifs is 3. The Morgan fingerprint density at radius 3 is 1.77 bits per heavy atom. The van der Waals surface area contributed by atoms with Crippen LogP contribution in [-0.2, 0) is 10.8 Å². The predicted molar refractivity (Wildman–Crippen MR) is 161 cm³/mol. The Hall–Kier alpha value is -5.17. The number of hydrogen-bond donors (Lipinski definition) is 0. The van der Waals surface area contributed by atoms with Gasteiger partial charge in [-0.25, -0.2) is 4.90 Å². The summed E-state index contributed by atoms with van der Waals surface area (Å²) in [7, 11) is 1.39. The van der Waals surface area contributed by atoms with Gasteiger partial charge in [-0.05, 0) is 64.9 Å². The molecule has 2 aliphatic heterocycles. The number of hydrogen-bond acceptors (Lipinski definition) is 5. The molecule has 3 aliphatic rings. The van der Waals surface area contributed by atoms with Gasteiger partial charge in [-0.15, -0.1) is 0 Å². The van der Waals surface area contributed by atoms with E-state index in [0.717, 1.165) is 21.8 Å². The molecule has 0 spiro atoms. The first-order chi connectivity index (χ1) is 20.4. The maximum Gasteiger partial charge on any atom is 0.266 e. The van der Waals surface area contributed by atoms with Gasteiger partial charge < -0.3 is 0 Å².